The highest BCUT2D eigenvalue weighted by molar-refractivity contribution is 7.09. The van der Waals surface area contributed by atoms with Crippen molar-refractivity contribution < 1.29 is 13.9 Å². The Labute approximate surface area is 190 Å². The predicted molar refractivity (Wildman–Crippen MR) is 128 cm³/mol. The molecule has 31 heavy (non-hydrogen) atoms. The second-order valence-corrected chi connectivity index (χ2v) is 8.53. The van der Waals surface area contributed by atoms with Gasteiger partial charge in [-0.05, 0) is 54.6 Å². The molecule has 0 unspecified atom stereocenters. The van der Waals surface area contributed by atoms with E-state index in [1.807, 2.05) is 67.8 Å². The Hall–Kier alpha value is -3.02. The summed E-state index contributed by atoms with van der Waals surface area (Å²) in [7, 11) is 0. The van der Waals surface area contributed by atoms with E-state index in [0.29, 0.717) is 23.9 Å². The monoisotopic (exact) mass is 451 g/mol. The molecule has 0 radical (unpaired) electrons. The van der Waals surface area contributed by atoms with Gasteiger partial charge in [-0.2, -0.15) is 0 Å². The van der Waals surface area contributed by atoms with Gasteiger partial charge < -0.3 is 14.5 Å². The van der Waals surface area contributed by atoms with Crippen molar-refractivity contribution in [1.29, 1.82) is 0 Å². The summed E-state index contributed by atoms with van der Waals surface area (Å²) in [4.78, 5) is 13.6. The van der Waals surface area contributed by atoms with Crippen molar-refractivity contribution in [3.05, 3.63) is 81.7 Å². The van der Waals surface area contributed by atoms with Crippen molar-refractivity contribution in [3.8, 4) is 16.9 Å². The van der Waals surface area contributed by atoms with Gasteiger partial charge in [-0.15, -0.1) is 11.3 Å². The fourth-order valence-corrected chi connectivity index (χ4v) is 4.17. The number of hydrogen-bond acceptors (Lipinski definition) is 4. The first-order chi connectivity index (χ1) is 15.0. The highest BCUT2D eigenvalue weighted by atomic mass is 35.5. The molecule has 6 heteroatoms. The van der Waals surface area contributed by atoms with E-state index in [4.69, 9.17) is 20.8 Å². The average Bonchev–Trinajstić information content (AvgIpc) is 3.42. The summed E-state index contributed by atoms with van der Waals surface area (Å²) in [5.74, 6) is 0.547. The number of halogens is 1. The number of benzene rings is 2. The van der Waals surface area contributed by atoms with Crippen LogP contribution in [0.4, 0.5) is 0 Å². The van der Waals surface area contributed by atoms with Crippen LogP contribution in [0.3, 0.4) is 0 Å². The number of allylic oxidation sites excluding steroid dienone is 1. The smallest absolute Gasteiger partial charge is 0.244 e. The molecule has 0 aliphatic heterocycles. The van der Waals surface area contributed by atoms with Crippen molar-refractivity contribution in [2.24, 2.45) is 0 Å². The van der Waals surface area contributed by atoms with E-state index >= 15 is 0 Å². The molecule has 2 aromatic heterocycles. The van der Waals surface area contributed by atoms with E-state index < -0.39 is 0 Å². The molecule has 0 aliphatic carbocycles. The zero-order valence-electron chi connectivity index (χ0n) is 17.3. The molecule has 1 amide bonds. The highest BCUT2D eigenvalue weighted by Crippen LogP contribution is 2.37. The number of hydrogen-bond donors (Lipinski definition) is 1. The van der Waals surface area contributed by atoms with Gasteiger partial charge in [0.05, 0.1) is 19.4 Å². The predicted octanol–water partition coefficient (Wildman–Crippen LogP) is 6.93. The number of amides is 1. The molecule has 2 heterocycles. The van der Waals surface area contributed by atoms with Crippen molar-refractivity contribution >= 4 is 45.4 Å². The molecule has 2 aromatic carbocycles. The minimum atomic E-state index is -0.140. The Morgan fingerprint density at radius 3 is 2.74 bits per heavy atom. The van der Waals surface area contributed by atoms with Gasteiger partial charge in [-0.25, -0.2) is 0 Å². The minimum absolute atomic E-state index is 0.140. The molecule has 0 atom stereocenters. The van der Waals surface area contributed by atoms with Gasteiger partial charge in [0.2, 0.25) is 5.91 Å². The molecule has 0 bridgehead atoms. The van der Waals surface area contributed by atoms with Crippen LogP contribution in [-0.2, 0) is 11.3 Å². The summed E-state index contributed by atoms with van der Waals surface area (Å²) in [6.07, 6.45) is 3.35. The van der Waals surface area contributed by atoms with E-state index in [1.54, 1.807) is 23.7 Å². The lowest BCUT2D eigenvalue weighted by atomic mass is 9.99. The van der Waals surface area contributed by atoms with E-state index in [2.05, 4.69) is 5.32 Å². The number of carbonyl (C=O) groups excluding carboxylic acids is 1. The lowest BCUT2D eigenvalue weighted by Crippen LogP contribution is -2.20. The Kier molecular flexibility index (Phi) is 6.44. The number of furan rings is 1. The number of fused-ring (bicyclic) bond motifs is 1. The van der Waals surface area contributed by atoms with Crippen LogP contribution >= 0.6 is 22.9 Å². The number of thiophene rings is 1. The first-order valence-corrected chi connectivity index (χ1v) is 11.2. The topological polar surface area (TPSA) is 51.5 Å². The average molecular weight is 452 g/mol. The highest BCUT2D eigenvalue weighted by Gasteiger charge is 2.15. The van der Waals surface area contributed by atoms with Crippen LogP contribution in [-0.4, -0.2) is 12.5 Å². The maximum Gasteiger partial charge on any atom is 0.244 e. The van der Waals surface area contributed by atoms with E-state index in [-0.39, 0.29) is 5.91 Å². The molecule has 4 nitrogen and oxygen atoms in total. The van der Waals surface area contributed by atoms with Crippen molar-refractivity contribution in [3.63, 3.8) is 0 Å². The molecule has 0 fully saturated rings. The zero-order valence-corrected chi connectivity index (χ0v) is 18.8. The number of rotatable bonds is 7. The fraction of sp³-hybridized carbons (Fsp3) is 0.160. The number of ether oxygens (including phenoxy) is 1. The largest absolute Gasteiger partial charge is 0.493 e. The van der Waals surface area contributed by atoms with Gasteiger partial charge in [-0.3, -0.25) is 4.79 Å². The molecule has 4 aromatic rings. The van der Waals surface area contributed by atoms with Gasteiger partial charge in [0.25, 0.3) is 0 Å². The van der Waals surface area contributed by atoms with E-state index in [1.165, 1.54) is 0 Å². The second kappa shape index (κ2) is 9.41. The molecule has 158 valence electrons. The third-order valence-electron chi connectivity index (χ3n) is 4.92. The van der Waals surface area contributed by atoms with E-state index in [0.717, 1.165) is 38.1 Å². The fourth-order valence-electron chi connectivity index (χ4n) is 3.40. The summed E-state index contributed by atoms with van der Waals surface area (Å²) in [5, 5.41) is 6.57. The third-order valence-corrected chi connectivity index (χ3v) is 6.05. The van der Waals surface area contributed by atoms with Crippen molar-refractivity contribution in [1.82, 2.24) is 5.32 Å². The first-order valence-electron chi connectivity index (χ1n) is 9.98. The maximum absolute atomic E-state index is 12.5. The number of carbonyl (C=O) groups is 1. The second-order valence-electron chi connectivity index (χ2n) is 7.06. The Balaban J connectivity index is 1.68. The lowest BCUT2D eigenvalue weighted by molar-refractivity contribution is -0.116. The Bertz CT molecular complexity index is 1220. The van der Waals surface area contributed by atoms with Crippen LogP contribution in [0.5, 0.6) is 5.75 Å². The zero-order chi connectivity index (χ0) is 21.8. The molecule has 4 rings (SSSR count). The summed E-state index contributed by atoms with van der Waals surface area (Å²) in [6, 6.07) is 15.5. The summed E-state index contributed by atoms with van der Waals surface area (Å²) >= 11 is 7.65. The van der Waals surface area contributed by atoms with Gasteiger partial charge in [-0.1, -0.05) is 29.8 Å². The third kappa shape index (κ3) is 4.84. The Morgan fingerprint density at radius 1 is 1.23 bits per heavy atom. The lowest BCUT2D eigenvalue weighted by Gasteiger charge is -2.12. The van der Waals surface area contributed by atoms with Gasteiger partial charge >= 0.3 is 0 Å². The van der Waals surface area contributed by atoms with Crippen LogP contribution < -0.4 is 10.1 Å². The van der Waals surface area contributed by atoms with Crippen LogP contribution in [0.2, 0.25) is 5.02 Å². The maximum atomic E-state index is 12.5. The van der Waals surface area contributed by atoms with Crippen LogP contribution in [0.15, 0.2) is 70.7 Å². The molecule has 0 spiro atoms. The van der Waals surface area contributed by atoms with Gasteiger partial charge in [0.1, 0.15) is 11.3 Å². The molecule has 1 N–H and O–H groups in total. The molecule has 0 saturated heterocycles. The number of nitrogens with one attached hydrogen (secondary N) is 1. The van der Waals surface area contributed by atoms with Gasteiger partial charge in [0, 0.05) is 38.6 Å². The van der Waals surface area contributed by atoms with E-state index in [9.17, 15) is 4.79 Å². The molecule has 0 aliphatic rings. The summed E-state index contributed by atoms with van der Waals surface area (Å²) in [5.41, 5.74) is 4.38. The van der Waals surface area contributed by atoms with Crippen molar-refractivity contribution in [2.75, 3.05) is 6.61 Å². The minimum Gasteiger partial charge on any atom is -0.493 e. The normalized spacial score (nSPS) is 11.6. The quantitative estimate of drug-likeness (QED) is 0.310. The molecular formula is C25H22ClNO3S. The van der Waals surface area contributed by atoms with Crippen molar-refractivity contribution in [2.45, 2.75) is 20.4 Å². The van der Waals surface area contributed by atoms with Crippen LogP contribution in [0.1, 0.15) is 24.3 Å². The SMILES string of the molecule is CCOc1cc2occ(-c3ccc(Cl)cc3)c2cc1/C(C)=C/C(=O)NCc1cccs1. The van der Waals surface area contributed by atoms with Crippen LogP contribution in [0, 0.1) is 0 Å². The molecule has 0 saturated carbocycles. The summed E-state index contributed by atoms with van der Waals surface area (Å²) in [6.45, 7) is 4.87. The molecular weight excluding hydrogens is 430 g/mol. The first kappa shape index (κ1) is 21.2. The standard InChI is InChI=1S/C25H22ClNO3S/c1-3-29-23-13-24-21(22(15-30-24)17-6-8-18(26)9-7-17)12-20(23)16(2)11-25(28)27-14-19-5-4-10-31-19/h4-13,15H,3,14H2,1-2H3,(H,27,28)/b16-11+. The summed E-state index contributed by atoms with van der Waals surface area (Å²) < 4.78 is 11.7. The van der Waals surface area contributed by atoms with Gasteiger partial charge in [0.15, 0.2) is 0 Å². The Morgan fingerprint density at radius 2 is 2.03 bits per heavy atom. The van der Waals surface area contributed by atoms with Crippen LogP contribution in [0.25, 0.3) is 27.7 Å².